The monoisotopic (exact) mass is 207 g/mol. The lowest BCUT2D eigenvalue weighted by Gasteiger charge is -1.96. The molecule has 1 heterocycles. The zero-order chi connectivity index (χ0) is 10.1. The number of nitrogens with two attached hydrogens (primary N) is 1. The Morgan fingerprint density at radius 2 is 2.29 bits per heavy atom. The van der Waals surface area contributed by atoms with Crippen molar-refractivity contribution in [2.45, 2.75) is 0 Å². The summed E-state index contributed by atoms with van der Waals surface area (Å²) in [5.41, 5.74) is 7.01. The molecule has 0 spiro atoms. The number of nitrogen functional groups attached to an aromatic ring is 1. The molecule has 0 bridgehead atoms. The number of methoxy groups -OCH3 is 1. The van der Waals surface area contributed by atoms with Gasteiger partial charge in [0.25, 0.3) is 0 Å². The summed E-state index contributed by atoms with van der Waals surface area (Å²) in [6.07, 6.45) is 0.810. The first-order valence-corrected chi connectivity index (χ1v) is 4.89. The highest BCUT2D eigenvalue weighted by Gasteiger charge is 2.12. The topological polar surface area (TPSA) is 52.3 Å². The van der Waals surface area contributed by atoms with Crippen LogP contribution in [0.2, 0.25) is 0 Å². The summed E-state index contributed by atoms with van der Waals surface area (Å²) in [7, 11) is 1.57. The number of anilines is 1. The molecule has 0 aliphatic rings. The molecule has 1 aromatic carbocycles. The largest absolute Gasteiger partial charge is 0.486 e. The molecule has 0 radical (unpaired) electrons. The van der Waals surface area contributed by atoms with Crippen LogP contribution < -0.4 is 10.5 Å². The van der Waals surface area contributed by atoms with E-state index < -0.39 is 0 Å². The highest BCUT2D eigenvalue weighted by Crippen LogP contribution is 2.40. The number of carbonyl (C=O) groups excluding carboxylic acids is 1. The van der Waals surface area contributed by atoms with Crippen LogP contribution in [0.3, 0.4) is 0 Å². The van der Waals surface area contributed by atoms with Crippen LogP contribution in [0.25, 0.3) is 10.1 Å². The minimum absolute atomic E-state index is 0.551. The van der Waals surface area contributed by atoms with Crippen molar-refractivity contribution in [2.75, 3.05) is 12.8 Å². The van der Waals surface area contributed by atoms with E-state index in [2.05, 4.69) is 0 Å². The van der Waals surface area contributed by atoms with Crippen LogP contribution in [0, 0.1) is 0 Å². The molecular weight excluding hydrogens is 198 g/mol. The van der Waals surface area contributed by atoms with Gasteiger partial charge in [-0.1, -0.05) is 23.5 Å². The molecule has 0 aliphatic carbocycles. The Labute approximate surface area is 85.1 Å². The van der Waals surface area contributed by atoms with Gasteiger partial charge in [-0.15, -0.1) is 0 Å². The number of hydrogen-bond acceptors (Lipinski definition) is 4. The number of aldehydes is 1. The summed E-state index contributed by atoms with van der Waals surface area (Å²) in [6.45, 7) is 0. The van der Waals surface area contributed by atoms with E-state index >= 15 is 0 Å². The van der Waals surface area contributed by atoms with Gasteiger partial charge in [0.15, 0.2) is 11.3 Å². The lowest BCUT2D eigenvalue weighted by Crippen LogP contribution is -1.89. The van der Waals surface area contributed by atoms with Gasteiger partial charge in [0.1, 0.15) is 0 Å². The fourth-order valence-corrected chi connectivity index (χ4v) is 2.40. The smallest absolute Gasteiger partial charge is 0.198 e. The number of hydrogen-bond donors (Lipinski definition) is 1. The van der Waals surface area contributed by atoms with Crippen molar-refractivity contribution in [3.05, 3.63) is 23.8 Å². The normalized spacial score (nSPS) is 10.4. The zero-order valence-corrected chi connectivity index (χ0v) is 8.43. The maximum Gasteiger partial charge on any atom is 0.198 e. The van der Waals surface area contributed by atoms with Gasteiger partial charge in [0, 0.05) is 15.6 Å². The maximum atomic E-state index is 10.8. The van der Waals surface area contributed by atoms with Gasteiger partial charge < -0.3 is 10.5 Å². The van der Waals surface area contributed by atoms with Crippen LogP contribution in [0.4, 0.5) is 5.69 Å². The third kappa shape index (κ3) is 1.15. The Kier molecular flexibility index (Phi) is 2.13. The van der Waals surface area contributed by atoms with Gasteiger partial charge in [-0.3, -0.25) is 4.79 Å². The molecule has 0 saturated heterocycles. The van der Waals surface area contributed by atoms with Gasteiger partial charge in [-0.05, 0) is 6.07 Å². The van der Waals surface area contributed by atoms with Crippen LogP contribution in [-0.4, -0.2) is 13.4 Å². The molecule has 0 fully saturated rings. The van der Waals surface area contributed by atoms with Gasteiger partial charge in [-0.2, -0.15) is 0 Å². The summed E-state index contributed by atoms with van der Waals surface area (Å²) >= 11 is 1.45. The minimum atomic E-state index is 0.551. The highest BCUT2D eigenvalue weighted by molar-refractivity contribution is 7.21. The molecule has 2 N–H and O–H groups in total. The molecule has 1 aromatic heterocycles. The number of fused-ring (bicyclic) bond motifs is 1. The Bertz CT molecular complexity index is 490. The predicted octanol–water partition coefficient (Wildman–Crippen LogP) is 2.30. The molecular formula is C10H9NO2S. The second kappa shape index (κ2) is 3.31. The fraction of sp³-hybridized carbons (Fsp3) is 0.100. The summed E-state index contributed by atoms with van der Waals surface area (Å²) in [4.78, 5) is 10.8. The first-order chi connectivity index (χ1) is 6.77. The quantitative estimate of drug-likeness (QED) is 0.769. The first-order valence-electron chi connectivity index (χ1n) is 4.08. The van der Waals surface area contributed by atoms with E-state index in [-0.39, 0.29) is 0 Å². The number of carbonyl (C=O) groups is 1. The summed E-state index contributed by atoms with van der Waals surface area (Å²) < 4.78 is 6.08. The molecule has 0 aliphatic heterocycles. The van der Waals surface area contributed by atoms with Crippen molar-refractivity contribution >= 4 is 33.4 Å². The molecule has 14 heavy (non-hydrogen) atoms. The van der Waals surface area contributed by atoms with E-state index in [0.717, 1.165) is 16.4 Å². The van der Waals surface area contributed by atoms with E-state index in [9.17, 15) is 4.79 Å². The van der Waals surface area contributed by atoms with Crippen molar-refractivity contribution in [1.82, 2.24) is 0 Å². The molecule has 3 nitrogen and oxygen atoms in total. The third-order valence-corrected chi connectivity index (χ3v) is 3.19. The summed E-state index contributed by atoms with van der Waals surface area (Å²) in [6, 6.07) is 5.51. The SMILES string of the molecule is COc1sc2cccc(C=O)c2c1N. The van der Waals surface area contributed by atoms with Crippen LogP contribution in [0.1, 0.15) is 10.4 Å². The van der Waals surface area contributed by atoms with Crippen molar-refractivity contribution in [1.29, 1.82) is 0 Å². The number of rotatable bonds is 2. The van der Waals surface area contributed by atoms with E-state index in [1.54, 1.807) is 13.2 Å². The second-order valence-electron chi connectivity index (χ2n) is 2.85. The predicted molar refractivity (Wildman–Crippen MR) is 58.2 cm³/mol. The maximum absolute atomic E-state index is 10.8. The molecule has 0 atom stereocenters. The number of benzene rings is 1. The van der Waals surface area contributed by atoms with Crippen molar-refractivity contribution in [2.24, 2.45) is 0 Å². The van der Waals surface area contributed by atoms with E-state index in [4.69, 9.17) is 10.5 Å². The van der Waals surface area contributed by atoms with Crippen LogP contribution in [0.15, 0.2) is 18.2 Å². The van der Waals surface area contributed by atoms with Crippen molar-refractivity contribution < 1.29 is 9.53 Å². The number of ether oxygens (including phenoxy) is 1. The summed E-state index contributed by atoms with van der Waals surface area (Å²) in [5.74, 6) is 0. The lowest BCUT2D eigenvalue weighted by molar-refractivity contribution is 0.112. The zero-order valence-electron chi connectivity index (χ0n) is 7.61. The second-order valence-corrected chi connectivity index (χ2v) is 3.86. The highest BCUT2D eigenvalue weighted by atomic mass is 32.1. The first kappa shape index (κ1) is 9.02. The molecule has 0 saturated carbocycles. The van der Waals surface area contributed by atoms with Crippen LogP contribution in [-0.2, 0) is 0 Å². The molecule has 2 rings (SSSR count). The Morgan fingerprint density at radius 3 is 2.93 bits per heavy atom. The Hall–Kier alpha value is -1.55. The Morgan fingerprint density at radius 1 is 1.50 bits per heavy atom. The number of thiophene rings is 1. The molecule has 0 unspecified atom stereocenters. The van der Waals surface area contributed by atoms with E-state index in [0.29, 0.717) is 16.3 Å². The Balaban J connectivity index is 2.85. The lowest BCUT2D eigenvalue weighted by atomic mass is 10.1. The van der Waals surface area contributed by atoms with Crippen LogP contribution in [0.5, 0.6) is 5.06 Å². The fourth-order valence-electron chi connectivity index (χ4n) is 1.43. The van der Waals surface area contributed by atoms with Gasteiger partial charge in [0.2, 0.25) is 0 Å². The van der Waals surface area contributed by atoms with Gasteiger partial charge >= 0.3 is 0 Å². The average molecular weight is 207 g/mol. The van der Waals surface area contributed by atoms with Gasteiger partial charge in [0.05, 0.1) is 12.8 Å². The molecule has 72 valence electrons. The average Bonchev–Trinajstić information content (AvgIpc) is 2.55. The van der Waals surface area contributed by atoms with Crippen molar-refractivity contribution in [3.63, 3.8) is 0 Å². The molecule has 4 heteroatoms. The van der Waals surface area contributed by atoms with Crippen molar-refractivity contribution in [3.8, 4) is 5.06 Å². The standard InChI is InChI=1S/C10H9NO2S/c1-13-10-9(11)8-6(5-12)3-2-4-7(8)14-10/h2-5H,11H2,1H3. The van der Waals surface area contributed by atoms with Gasteiger partial charge in [-0.25, -0.2) is 0 Å². The minimum Gasteiger partial charge on any atom is -0.486 e. The van der Waals surface area contributed by atoms with E-state index in [1.807, 2.05) is 12.1 Å². The molecule has 0 amide bonds. The summed E-state index contributed by atoms with van der Waals surface area (Å²) in [5, 5.41) is 1.46. The van der Waals surface area contributed by atoms with Crippen LogP contribution >= 0.6 is 11.3 Å². The molecule has 2 aromatic rings. The van der Waals surface area contributed by atoms with E-state index in [1.165, 1.54) is 11.3 Å². The third-order valence-electron chi connectivity index (χ3n) is 2.06.